The summed E-state index contributed by atoms with van der Waals surface area (Å²) < 4.78 is 28.9. The number of para-hydroxylation sites is 2. The van der Waals surface area contributed by atoms with E-state index in [4.69, 9.17) is 4.74 Å². The number of hydrogen-bond acceptors (Lipinski definition) is 4. The van der Waals surface area contributed by atoms with Crippen LogP contribution in [0.2, 0.25) is 0 Å². The van der Waals surface area contributed by atoms with Crippen molar-refractivity contribution in [3.8, 4) is 5.75 Å². The van der Waals surface area contributed by atoms with E-state index in [0.717, 1.165) is 12.7 Å². The van der Waals surface area contributed by atoms with Crippen molar-refractivity contribution in [1.29, 1.82) is 0 Å². The van der Waals surface area contributed by atoms with E-state index >= 15 is 0 Å². The van der Waals surface area contributed by atoms with E-state index in [2.05, 4.69) is 5.32 Å². The van der Waals surface area contributed by atoms with E-state index in [1.165, 1.54) is 29.8 Å². The monoisotopic (exact) mass is 395 g/mol. The zero-order valence-electron chi connectivity index (χ0n) is 15.5. The van der Waals surface area contributed by atoms with Crippen LogP contribution in [-0.4, -0.2) is 27.2 Å². The van der Waals surface area contributed by atoms with Gasteiger partial charge in [-0.05, 0) is 42.0 Å². The van der Waals surface area contributed by atoms with Crippen LogP contribution in [0, 0.1) is 0 Å². The van der Waals surface area contributed by atoms with Crippen molar-refractivity contribution in [3.63, 3.8) is 0 Å². The van der Waals surface area contributed by atoms with E-state index < -0.39 is 9.84 Å². The highest BCUT2D eigenvalue weighted by atomic mass is 32.2. The second kappa shape index (κ2) is 8.71. The maximum Gasteiger partial charge on any atom is 0.255 e. The molecule has 1 N–H and O–H groups in total. The quantitative estimate of drug-likeness (QED) is 0.657. The van der Waals surface area contributed by atoms with Crippen molar-refractivity contribution in [3.05, 3.63) is 90.0 Å². The zero-order chi connectivity index (χ0) is 20.0. The first-order valence-electron chi connectivity index (χ1n) is 8.81. The average molecular weight is 395 g/mol. The molecule has 5 nitrogen and oxygen atoms in total. The third kappa shape index (κ3) is 5.20. The van der Waals surface area contributed by atoms with Crippen LogP contribution in [0.4, 0.5) is 5.69 Å². The van der Waals surface area contributed by atoms with Gasteiger partial charge in [0.2, 0.25) is 0 Å². The lowest BCUT2D eigenvalue weighted by atomic mass is 10.2. The molecule has 3 aromatic carbocycles. The number of carbonyl (C=O) groups is 1. The molecule has 0 aliphatic rings. The topological polar surface area (TPSA) is 72.5 Å². The fourth-order valence-corrected chi connectivity index (χ4v) is 3.30. The van der Waals surface area contributed by atoms with E-state index in [9.17, 15) is 13.2 Å². The molecule has 0 bridgehead atoms. The molecule has 0 fully saturated rings. The molecule has 0 spiro atoms. The Balaban J connectivity index is 1.66. The van der Waals surface area contributed by atoms with Crippen molar-refractivity contribution in [2.45, 2.75) is 11.3 Å². The highest BCUT2D eigenvalue weighted by Gasteiger charge is 2.12. The number of anilines is 1. The van der Waals surface area contributed by atoms with Gasteiger partial charge >= 0.3 is 0 Å². The number of nitrogens with one attached hydrogen (secondary N) is 1. The molecule has 0 heterocycles. The van der Waals surface area contributed by atoms with Gasteiger partial charge in [-0.1, -0.05) is 42.5 Å². The molecule has 0 unspecified atom stereocenters. The lowest BCUT2D eigenvalue weighted by Gasteiger charge is -2.13. The van der Waals surface area contributed by atoms with Crippen LogP contribution >= 0.6 is 0 Å². The molecule has 0 saturated carbocycles. The minimum Gasteiger partial charge on any atom is -0.491 e. The molecule has 1 amide bonds. The number of amides is 1. The van der Waals surface area contributed by atoms with E-state index in [1.807, 2.05) is 42.5 Å². The maximum absolute atomic E-state index is 12.5. The molecule has 0 atom stereocenters. The predicted molar refractivity (Wildman–Crippen MR) is 110 cm³/mol. The number of carbonyl (C=O) groups excluding carboxylic acids is 1. The molecule has 0 aromatic heterocycles. The lowest BCUT2D eigenvalue weighted by Crippen LogP contribution is -2.13. The summed E-state index contributed by atoms with van der Waals surface area (Å²) in [5.41, 5.74) is 2.11. The van der Waals surface area contributed by atoms with Gasteiger partial charge in [0.15, 0.2) is 9.84 Å². The first-order valence-corrected chi connectivity index (χ1v) is 10.7. The number of ether oxygens (including phenoxy) is 1. The Bertz CT molecular complexity index is 1050. The summed E-state index contributed by atoms with van der Waals surface area (Å²) in [6.07, 6.45) is 1.89. The summed E-state index contributed by atoms with van der Waals surface area (Å²) >= 11 is 0. The minimum absolute atomic E-state index is 0.175. The Morgan fingerprint density at radius 2 is 1.54 bits per heavy atom. The Morgan fingerprint density at radius 3 is 2.21 bits per heavy atom. The van der Waals surface area contributed by atoms with Crippen molar-refractivity contribution in [2.75, 3.05) is 18.2 Å². The Labute approximate surface area is 164 Å². The van der Waals surface area contributed by atoms with Crippen molar-refractivity contribution >= 4 is 21.4 Å². The van der Waals surface area contributed by atoms with E-state index in [-0.39, 0.29) is 10.8 Å². The van der Waals surface area contributed by atoms with Gasteiger partial charge in [0, 0.05) is 18.2 Å². The second-order valence-electron chi connectivity index (χ2n) is 6.33. The second-order valence-corrected chi connectivity index (χ2v) is 8.35. The predicted octanol–water partition coefficient (Wildman–Crippen LogP) is 3.96. The summed E-state index contributed by atoms with van der Waals surface area (Å²) in [7, 11) is -3.30. The molecule has 3 aromatic rings. The highest BCUT2D eigenvalue weighted by molar-refractivity contribution is 7.90. The molecule has 0 saturated heterocycles. The molecular formula is C22H21NO4S. The van der Waals surface area contributed by atoms with Crippen LogP contribution in [-0.2, 0) is 16.3 Å². The van der Waals surface area contributed by atoms with E-state index in [1.54, 1.807) is 12.1 Å². The third-order valence-electron chi connectivity index (χ3n) is 4.17. The summed E-state index contributed by atoms with van der Waals surface area (Å²) in [6.45, 7) is 0.486. The molecular weight excluding hydrogens is 374 g/mol. The van der Waals surface area contributed by atoms with Crippen molar-refractivity contribution in [1.82, 2.24) is 0 Å². The van der Waals surface area contributed by atoms with Crippen LogP contribution in [0.1, 0.15) is 15.9 Å². The average Bonchev–Trinajstić information content (AvgIpc) is 2.69. The third-order valence-corrected chi connectivity index (χ3v) is 5.30. The van der Waals surface area contributed by atoms with Crippen LogP contribution in [0.15, 0.2) is 83.8 Å². The van der Waals surface area contributed by atoms with Gasteiger partial charge in [-0.25, -0.2) is 8.42 Å². The lowest BCUT2D eigenvalue weighted by molar-refractivity contribution is 0.102. The first-order chi connectivity index (χ1) is 13.4. The Morgan fingerprint density at radius 1 is 0.893 bits per heavy atom. The van der Waals surface area contributed by atoms with Crippen LogP contribution in [0.5, 0.6) is 5.75 Å². The van der Waals surface area contributed by atoms with E-state index in [0.29, 0.717) is 23.6 Å². The largest absolute Gasteiger partial charge is 0.491 e. The number of rotatable bonds is 7. The molecule has 0 radical (unpaired) electrons. The molecule has 28 heavy (non-hydrogen) atoms. The number of hydrogen-bond donors (Lipinski definition) is 1. The van der Waals surface area contributed by atoms with Gasteiger partial charge in [-0.15, -0.1) is 0 Å². The highest BCUT2D eigenvalue weighted by Crippen LogP contribution is 2.25. The van der Waals surface area contributed by atoms with Gasteiger partial charge in [-0.2, -0.15) is 0 Å². The standard InChI is InChI=1S/C22H21NO4S/c1-28(25,26)19-13-11-18(12-14-19)22(24)23-20-9-5-6-10-21(20)27-16-15-17-7-3-2-4-8-17/h2-14H,15-16H2,1H3,(H,23,24). The summed E-state index contributed by atoms with van der Waals surface area (Å²) in [5, 5.41) is 2.82. The fraction of sp³-hybridized carbons (Fsp3) is 0.136. The molecule has 3 rings (SSSR count). The van der Waals surface area contributed by atoms with Gasteiger partial charge in [-0.3, -0.25) is 4.79 Å². The summed E-state index contributed by atoms with van der Waals surface area (Å²) in [6, 6.07) is 23.1. The van der Waals surface area contributed by atoms with Gasteiger partial charge in [0.1, 0.15) is 5.75 Å². The molecule has 6 heteroatoms. The number of benzene rings is 3. The normalized spacial score (nSPS) is 11.0. The molecule has 0 aliphatic heterocycles. The van der Waals surface area contributed by atoms with Crippen molar-refractivity contribution in [2.24, 2.45) is 0 Å². The van der Waals surface area contributed by atoms with Crippen LogP contribution < -0.4 is 10.1 Å². The minimum atomic E-state index is -3.30. The van der Waals surface area contributed by atoms with Crippen molar-refractivity contribution < 1.29 is 17.9 Å². The summed E-state index contributed by atoms with van der Waals surface area (Å²) in [5.74, 6) is 0.249. The number of sulfone groups is 1. The van der Waals surface area contributed by atoms with Gasteiger partial charge < -0.3 is 10.1 Å². The molecule has 0 aliphatic carbocycles. The molecule has 144 valence electrons. The summed E-state index contributed by atoms with van der Waals surface area (Å²) in [4.78, 5) is 12.7. The first kappa shape index (κ1) is 19.6. The zero-order valence-corrected chi connectivity index (χ0v) is 16.3. The Hall–Kier alpha value is -3.12. The van der Waals surface area contributed by atoms with Gasteiger partial charge in [0.25, 0.3) is 5.91 Å². The van der Waals surface area contributed by atoms with Gasteiger partial charge in [0.05, 0.1) is 17.2 Å². The maximum atomic E-state index is 12.5. The fourth-order valence-electron chi connectivity index (χ4n) is 2.67. The smallest absolute Gasteiger partial charge is 0.255 e. The van der Waals surface area contributed by atoms with Crippen LogP contribution in [0.25, 0.3) is 0 Å². The van der Waals surface area contributed by atoms with Crippen LogP contribution in [0.3, 0.4) is 0 Å². The SMILES string of the molecule is CS(=O)(=O)c1ccc(C(=O)Nc2ccccc2OCCc2ccccc2)cc1. The Kier molecular flexibility index (Phi) is 6.11.